The lowest BCUT2D eigenvalue weighted by Crippen LogP contribution is -2.37. The largest absolute Gasteiger partial charge is 0.497 e. The second-order valence-electron chi connectivity index (χ2n) is 7.58. The van der Waals surface area contributed by atoms with Crippen molar-refractivity contribution in [3.63, 3.8) is 0 Å². The van der Waals surface area contributed by atoms with Gasteiger partial charge < -0.3 is 14.6 Å². The molecule has 0 spiro atoms. The summed E-state index contributed by atoms with van der Waals surface area (Å²) in [6, 6.07) is 14.7. The Morgan fingerprint density at radius 1 is 1.22 bits per heavy atom. The first kappa shape index (κ1) is 17.7. The highest BCUT2D eigenvalue weighted by Crippen LogP contribution is 2.27. The molecule has 3 aromatic rings. The standard InChI is InChI=1S/C23H26N2O2/c1-15-10-16(2)20-14-22(24-21(20)11-15)23(26)25-9-5-7-18(25)12-17-6-4-8-19(13-17)27-3/h4,6,8,10-11,13-14,18,24H,5,7,9,12H2,1-3H3. The summed E-state index contributed by atoms with van der Waals surface area (Å²) in [5.74, 6) is 0.971. The number of rotatable bonds is 4. The summed E-state index contributed by atoms with van der Waals surface area (Å²) in [5.41, 5.74) is 5.35. The van der Waals surface area contributed by atoms with Crippen molar-refractivity contribution < 1.29 is 9.53 Å². The average Bonchev–Trinajstić information content (AvgIpc) is 3.28. The molecule has 4 rings (SSSR count). The van der Waals surface area contributed by atoms with Gasteiger partial charge in [0.05, 0.1) is 7.11 Å². The number of aromatic amines is 1. The molecule has 1 fully saturated rings. The molecular weight excluding hydrogens is 336 g/mol. The van der Waals surface area contributed by atoms with Crippen LogP contribution >= 0.6 is 0 Å². The smallest absolute Gasteiger partial charge is 0.270 e. The number of methoxy groups -OCH3 is 1. The van der Waals surface area contributed by atoms with Crippen molar-refractivity contribution in [3.8, 4) is 5.75 Å². The van der Waals surface area contributed by atoms with E-state index in [2.05, 4.69) is 43.1 Å². The lowest BCUT2D eigenvalue weighted by atomic mass is 10.0. The quantitative estimate of drug-likeness (QED) is 0.735. The SMILES string of the molecule is COc1cccc(CC2CCCN2C(=O)c2cc3c(C)cc(C)cc3[nH]2)c1. The maximum atomic E-state index is 13.2. The molecule has 1 unspecified atom stereocenters. The maximum absolute atomic E-state index is 13.2. The minimum absolute atomic E-state index is 0.105. The highest BCUT2D eigenvalue weighted by atomic mass is 16.5. The Morgan fingerprint density at radius 3 is 2.89 bits per heavy atom. The van der Waals surface area contributed by atoms with Crippen molar-refractivity contribution in [1.29, 1.82) is 0 Å². The first-order valence-electron chi connectivity index (χ1n) is 9.59. The van der Waals surface area contributed by atoms with Gasteiger partial charge in [0.25, 0.3) is 5.91 Å². The zero-order valence-corrected chi connectivity index (χ0v) is 16.2. The van der Waals surface area contributed by atoms with Crippen LogP contribution in [-0.2, 0) is 6.42 Å². The Labute approximate surface area is 160 Å². The second-order valence-corrected chi connectivity index (χ2v) is 7.58. The Hall–Kier alpha value is -2.75. The van der Waals surface area contributed by atoms with Crippen molar-refractivity contribution >= 4 is 16.8 Å². The maximum Gasteiger partial charge on any atom is 0.270 e. The molecule has 4 nitrogen and oxygen atoms in total. The topological polar surface area (TPSA) is 45.3 Å². The Balaban J connectivity index is 1.58. The van der Waals surface area contributed by atoms with Crippen LogP contribution in [0.5, 0.6) is 5.75 Å². The predicted octanol–water partition coefficient (Wildman–Crippen LogP) is 4.64. The summed E-state index contributed by atoms with van der Waals surface area (Å²) in [7, 11) is 1.68. The van der Waals surface area contributed by atoms with Gasteiger partial charge in [-0.15, -0.1) is 0 Å². The summed E-state index contributed by atoms with van der Waals surface area (Å²) in [5, 5.41) is 1.13. The number of carbonyl (C=O) groups excluding carboxylic acids is 1. The van der Waals surface area contributed by atoms with E-state index >= 15 is 0 Å². The van der Waals surface area contributed by atoms with Crippen LogP contribution < -0.4 is 4.74 Å². The minimum atomic E-state index is 0.105. The number of ether oxygens (including phenoxy) is 1. The fourth-order valence-electron chi connectivity index (χ4n) is 4.26. The van der Waals surface area contributed by atoms with E-state index in [1.54, 1.807) is 7.11 Å². The number of nitrogens with one attached hydrogen (secondary N) is 1. The van der Waals surface area contributed by atoms with Crippen LogP contribution in [0.25, 0.3) is 10.9 Å². The van der Waals surface area contributed by atoms with Crippen molar-refractivity contribution in [2.75, 3.05) is 13.7 Å². The third-order valence-corrected chi connectivity index (χ3v) is 5.56. The average molecular weight is 362 g/mol. The van der Waals surface area contributed by atoms with E-state index in [1.165, 1.54) is 16.7 Å². The summed E-state index contributed by atoms with van der Waals surface area (Å²) < 4.78 is 5.33. The molecule has 1 amide bonds. The molecule has 0 bridgehead atoms. The monoisotopic (exact) mass is 362 g/mol. The molecule has 0 aliphatic carbocycles. The van der Waals surface area contributed by atoms with Gasteiger partial charge in [0.1, 0.15) is 11.4 Å². The molecule has 27 heavy (non-hydrogen) atoms. The van der Waals surface area contributed by atoms with Crippen LogP contribution in [0.1, 0.15) is 40.0 Å². The van der Waals surface area contributed by atoms with Gasteiger partial charge in [0.2, 0.25) is 0 Å². The number of aryl methyl sites for hydroxylation is 2. The molecule has 1 aromatic heterocycles. The van der Waals surface area contributed by atoms with Gasteiger partial charge >= 0.3 is 0 Å². The molecule has 0 radical (unpaired) electrons. The zero-order chi connectivity index (χ0) is 19.0. The number of nitrogens with zero attached hydrogens (tertiary/aromatic N) is 1. The van der Waals surface area contributed by atoms with Gasteiger partial charge in [0.15, 0.2) is 0 Å². The van der Waals surface area contributed by atoms with Gasteiger partial charge in [0, 0.05) is 23.5 Å². The first-order chi connectivity index (χ1) is 13.0. The highest BCUT2D eigenvalue weighted by molar-refractivity contribution is 5.99. The normalized spacial score (nSPS) is 16.9. The molecule has 2 heterocycles. The van der Waals surface area contributed by atoms with Crippen molar-refractivity contribution in [1.82, 2.24) is 9.88 Å². The summed E-state index contributed by atoms with van der Waals surface area (Å²) >= 11 is 0. The molecule has 0 saturated carbocycles. The van der Waals surface area contributed by atoms with Gasteiger partial charge in [-0.1, -0.05) is 18.2 Å². The number of hydrogen-bond acceptors (Lipinski definition) is 2. The van der Waals surface area contributed by atoms with E-state index in [0.29, 0.717) is 5.69 Å². The van der Waals surface area contributed by atoms with E-state index < -0.39 is 0 Å². The molecule has 1 atom stereocenters. The highest BCUT2D eigenvalue weighted by Gasteiger charge is 2.30. The fourth-order valence-corrected chi connectivity index (χ4v) is 4.26. The van der Waals surface area contributed by atoms with Crippen LogP contribution in [0.4, 0.5) is 0 Å². The number of benzene rings is 2. The van der Waals surface area contributed by atoms with Gasteiger partial charge in [-0.2, -0.15) is 0 Å². The Kier molecular flexibility index (Phi) is 4.65. The Morgan fingerprint density at radius 2 is 2.07 bits per heavy atom. The number of amides is 1. The number of aromatic nitrogens is 1. The molecule has 4 heteroatoms. The molecule has 1 saturated heterocycles. The molecule has 140 valence electrons. The van der Waals surface area contributed by atoms with Crippen molar-refractivity contribution in [2.24, 2.45) is 0 Å². The van der Waals surface area contributed by atoms with Crippen LogP contribution in [0.15, 0.2) is 42.5 Å². The molecule has 2 aromatic carbocycles. The third kappa shape index (κ3) is 3.44. The lowest BCUT2D eigenvalue weighted by Gasteiger charge is -2.24. The Bertz CT molecular complexity index is 989. The van der Waals surface area contributed by atoms with Gasteiger partial charge in [-0.05, 0) is 74.1 Å². The third-order valence-electron chi connectivity index (χ3n) is 5.56. The molecule has 1 aliphatic heterocycles. The number of hydrogen-bond donors (Lipinski definition) is 1. The molecule has 1 aliphatic rings. The van der Waals surface area contributed by atoms with E-state index in [1.807, 2.05) is 23.1 Å². The zero-order valence-electron chi connectivity index (χ0n) is 16.2. The minimum Gasteiger partial charge on any atom is -0.497 e. The van der Waals surface area contributed by atoms with E-state index in [-0.39, 0.29) is 11.9 Å². The van der Waals surface area contributed by atoms with Crippen molar-refractivity contribution in [2.45, 2.75) is 39.2 Å². The number of H-pyrrole nitrogens is 1. The van der Waals surface area contributed by atoms with E-state index in [9.17, 15) is 4.79 Å². The van der Waals surface area contributed by atoms with Gasteiger partial charge in [-0.3, -0.25) is 4.79 Å². The number of likely N-dealkylation sites (tertiary alicyclic amines) is 1. The van der Waals surface area contributed by atoms with Crippen LogP contribution in [0.3, 0.4) is 0 Å². The first-order valence-corrected chi connectivity index (χ1v) is 9.59. The lowest BCUT2D eigenvalue weighted by molar-refractivity contribution is 0.0731. The summed E-state index contributed by atoms with van der Waals surface area (Å²) in [6.45, 7) is 5.00. The van der Waals surface area contributed by atoms with Gasteiger partial charge in [-0.25, -0.2) is 0 Å². The fraction of sp³-hybridized carbons (Fsp3) is 0.348. The van der Waals surface area contributed by atoms with E-state index in [0.717, 1.165) is 42.5 Å². The summed E-state index contributed by atoms with van der Waals surface area (Å²) in [4.78, 5) is 18.6. The summed E-state index contributed by atoms with van der Waals surface area (Å²) in [6.07, 6.45) is 2.96. The number of fused-ring (bicyclic) bond motifs is 1. The number of carbonyl (C=O) groups is 1. The van der Waals surface area contributed by atoms with Crippen LogP contribution in [-0.4, -0.2) is 35.5 Å². The molecular formula is C23H26N2O2. The molecule has 1 N–H and O–H groups in total. The second kappa shape index (κ2) is 7.10. The van der Waals surface area contributed by atoms with E-state index in [4.69, 9.17) is 4.74 Å². The van der Waals surface area contributed by atoms with Crippen LogP contribution in [0, 0.1) is 13.8 Å². The van der Waals surface area contributed by atoms with Crippen molar-refractivity contribution in [3.05, 3.63) is 64.8 Å². The van der Waals surface area contributed by atoms with Crippen LogP contribution in [0.2, 0.25) is 0 Å². The predicted molar refractivity (Wildman–Crippen MR) is 109 cm³/mol.